The molecule has 0 N–H and O–H groups in total. The second-order valence-corrected chi connectivity index (χ2v) is 4.40. The van der Waals surface area contributed by atoms with Gasteiger partial charge in [0.1, 0.15) is 12.2 Å². The van der Waals surface area contributed by atoms with Crippen LogP contribution in [0.2, 0.25) is 0 Å². The quantitative estimate of drug-likeness (QED) is 0.799. The van der Waals surface area contributed by atoms with Crippen LogP contribution in [-0.4, -0.2) is 13.2 Å². The van der Waals surface area contributed by atoms with E-state index in [9.17, 15) is 0 Å². The molecule has 0 aliphatic carbocycles. The lowest BCUT2D eigenvalue weighted by Gasteiger charge is -2.32. The summed E-state index contributed by atoms with van der Waals surface area (Å²) in [5.41, 5.74) is 2.34. The fourth-order valence-electron chi connectivity index (χ4n) is 2.35. The standard InChI is InChI=1S/C16H16O2/c1-3-7-13(8-4-1)15-16(18-12-11-17-15)14-9-5-2-6-10-14/h1-10,15-16H,11-12H2. The summed E-state index contributed by atoms with van der Waals surface area (Å²) in [5, 5.41) is 0. The predicted octanol–water partition coefficient (Wildman–Crippen LogP) is 3.52. The molecule has 1 aliphatic rings. The molecule has 0 radical (unpaired) electrons. The average Bonchev–Trinajstić information content (AvgIpc) is 2.49. The van der Waals surface area contributed by atoms with Gasteiger partial charge in [-0.25, -0.2) is 0 Å². The van der Waals surface area contributed by atoms with Crippen LogP contribution < -0.4 is 0 Å². The van der Waals surface area contributed by atoms with Crippen LogP contribution in [0.3, 0.4) is 0 Å². The van der Waals surface area contributed by atoms with Crippen LogP contribution in [0.1, 0.15) is 23.3 Å². The van der Waals surface area contributed by atoms with Crippen molar-refractivity contribution in [3.05, 3.63) is 71.8 Å². The lowest BCUT2D eigenvalue weighted by atomic mass is 9.97. The minimum atomic E-state index is -0.0117. The molecule has 0 amide bonds. The van der Waals surface area contributed by atoms with Gasteiger partial charge in [-0.2, -0.15) is 0 Å². The van der Waals surface area contributed by atoms with Gasteiger partial charge < -0.3 is 9.47 Å². The van der Waals surface area contributed by atoms with Crippen molar-refractivity contribution < 1.29 is 9.47 Å². The summed E-state index contributed by atoms with van der Waals surface area (Å²) < 4.78 is 11.8. The molecule has 2 heteroatoms. The average molecular weight is 240 g/mol. The molecule has 2 unspecified atom stereocenters. The van der Waals surface area contributed by atoms with E-state index in [4.69, 9.17) is 9.47 Å². The Labute approximate surface area is 107 Å². The Morgan fingerprint density at radius 1 is 0.611 bits per heavy atom. The summed E-state index contributed by atoms with van der Waals surface area (Å²) in [6.07, 6.45) is -0.0234. The molecule has 1 fully saturated rings. The first-order valence-electron chi connectivity index (χ1n) is 6.28. The maximum atomic E-state index is 5.91. The molecule has 2 atom stereocenters. The summed E-state index contributed by atoms with van der Waals surface area (Å²) in [6, 6.07) is 20.6. The van der Waals surface area contributed by atoms with Gasteiger partial charge in [0.15, 0.2) is 0 Å². The first-order chi connectivity index (χ1) is 8.95. The van der Waals surface area contributed by atoms with Gasteiger partial charge >= 0.3 is 0 Å². The number of hydrogen-bond donors (Lipinski definition) is 0. The normalized spacial score (nSPS) is 23.8. The molecule has 1 heterocycles. The predicted molar refractivity (Wildman–Crippen MR) is 70.3 cm³/mol. The molecular weight excluding hydrogens is 224 g/mol. The van der Waals surface area contributed by atoms with Crippen LogP contribution in [0.5, 0.6) is 0 Å². The molecule has 0 spiro atoms. The van der Waals surface area contributed by atoms with Crippen molar-refractivity contribution in [2.24, 2.45) is 0 Å². The van der Waals surface area contributed by atoms with Gasteiger partial charge in [0, 0.05) is 0 Å². The summed E-state index contributed by atoms with van der Waals surface area (Å²) in [7, 11) is 0. The van der Waals surface area contributed by atoms with E-state index in [0.29, 0.717) is 13.2 Å². The van der Waals surface area contributed by atoms with Crippen molar-refractivity contribution in [1.29, 1.82) is 0 Å². The number of ether oxygens (including phenoxy) is 2. The first-order valence-corrected chi connectivity index (χ1v) is 6.28. The van der Waals surface area contributed by atoms with Crippen LogP contribution in [-0.2, 0) is 9.47 Å². The van der Waals surface area contributed by atoms with Crippen molar-refractivity contribution in [1.82, 2.24) is 0 Å². The Morgan fingerprint density at radius 2 is 1.00 bits per heavy atom. The van der Waals surface area contributed by atoms with Crippen LogP contribution in [0.15, 0.2) is 60.7 Å². The van der Waals surface area contributed by atoms with E-state index in [1.165, 1.54) is 11.1 Å². The lowest BCUT2D eigenvalue weighted by Crippen LogP contribution is -2.26. The summed E-state index contributed by atoms with van der Waals surface area (Å²) in [4.78, 5) is 0. The maximum absolute atomic E-state index is 5.91. The highest BCUT2D eigenvalue weighted by Gasteiger charge is 2.29. The summed E-state index contributed by atoms with van der Waals surface area (Å²) >= 11 is 0. The van der Waals surface area contributed by atoms with Gasteiger partial charge in [0.2, 0.25) is 0 Å². The monoisotopic (exact) mass is 240 g/mol. The highest BCUT2D eigenvalue weighted by Crippen LogP contribution is 2.37. The van der Waals surface area contributed by atoms with Gasteiger partial charge in [-0.05, 0) is 11.1 Å². The van der Waals surface area contributed by atoms with E-state index in [0.717, 1.165) is 0 Å². The topological polar surface area (TPSA) is 18.5 Å². The van der Waals surface area contributed by atoms with Gasteiger partial charge in [0.05, 0.1) is 13.2 Å². The zero-order valence-corrected chi connectivity index (χ0v) is 10.2. The van der Waals surface area contributed by atoms with Crippen molar-refractivity contribution in [2.45, 2.75) is 12.2 Å². The van der Waals surface area contributed by atoms with Gasteiger partial charge in [0.25, 0.3) is 0 Å². The Morgan fingerprint density at radius 3 is 1.39 bits per heavy atom. The number of hydrogen-bond acceptors (Lipinski definition) is 2. The molecule has 2 aromatic rings. The Balaban J connectivity index is 1.92. The van der Waals surface area contributed by atoms with Crippen molar-refractivity contribution >= 4 is 0 Å². The van der Waals surface area contributed by atoms with E-state index < -0.39 is 0 Å². The van der Waals surface area contributed by atoms with Gasteiger partial charge in [-0.1, -0.05) is 60.7 Å². The molecule has 2 aromatic carbocycles. The third-order valence-corrected chi connectivity index (χ3v) is 3.21. The van der Waals surface area contributed by atoms with Gasteiger partial charge in [-0.15, -0.1) is 0 Å². The van der Waals surface area contributed by atoms with E-state index in [1.807, 2.05) is 36.4 Å². The third-order valence-electron chi connectivity index (χ3n) is 3.21. The van der Waals surface area contributed by atoms with Crippen molar-refractivity contribution in [2.75, 3.05) is 13.2 Å². The largest absolute Gasteiger partial charge is 0.368 e. The molecule has 92 valence electrons. The third kappa shape index (κ3) is 2.30. The molecular formula is C16H16O2. The smallest absolute Gasteiger partial charge is 0.113 e. The molecule has 1 aliphatic heterocycles. The number of rotatable bonds is 2. The van der Waals surface area contributed by atoms with E-state index >= 15 is 0 Å². The second-order valence-electron chi connectivity index (χ2n) is 4.40. The maximum Gasteiger partial charge on any atom is 0.113 e. The molecule has 0 saturated carbocycles. The Bertz CT molecular complexity index is 433. The fourth-order valence-corrected chi connectivity index (χ4v) is 2.35. The highest BCUT2D eigenvalue weighted by atomic mass is 16.6. The molecule has 1 saturated heterocycles. The zero-order chi connectivity index (χ0) is 12.2. The lowest BCUT2D eigenvalue weighted by molar-refractivity contribution is -0.145. The Hall–Kier alpha value is -1.64. The van der Waals surface area contributed by atoms with Crippen molar-refractivity contribution in [3.8, 4) is 0 Å². The Kier molecular flexibility index (Phi) is 3.40. The van der Waals surface area contributed by atoms with E-state index in [1.54, 1.807) is 0 Å². The molecule has 2 nitrogen and oxygen atoms in total. The van der Waals surface area contributed by atoms with Crippen LogP contribution >= 0.6 is 0 Å². The van der Waals surface area contributed by atoms with Crippen LogP contribution in [0, 0.1) is 0 Å². The minimum Gasteiger partial charge on any atom is -0.368 e. The van der Waals surface area contributed by atoms with E-state index in [2.05, 4.69) is 24.3 Å². The highest BCUT2D eigenvalue weighted by molar-refractivity contribution is 5.25. The number of benzene rings is 2. The minimum absolute atomic E-state index is 0.0117. The summed E-state index contributed by atoms with van der Waals surface area (Å²) in [6.45, 7) is 1.31. The molecule has 0 bridgehead atoms. The molecule has 3 rings (SSSR count). The zero-order valence-electron chi connectivity index (χ0n) is 10.2. The van der Waals surface area contributed by atoms with Gasteiger partial charge in [-0.3, -0.25) is 0 Å². The fraction of sp³-hybridized carbons (Fsp3) is 0.250. The van der Waals surface area contributed by atoms with Crippen LogP contribution in [0.4, 0.5) is 0 Å². The van der Waals surface area contributed by atoms with E-state index in [-0.39, 0.29) is 12.2 Å². The first kappa shape index (κ1) is 11.5. The van der Waals surface area contributed by atoms with Crippen molar-refractivity contribution in [3.63, 3.8) is 0 Å². The SMILES string of the molecule is c1ccc(C2OCCOC2c2ccccc2)cc1. The molecule has 18 heavy (non-hydrogen) atoms. The molecule has 0 aromatic heterocycles. The second kappa shape index (κ2) is 5.34. The summed E-state index contributed by atoms with van der Waals surface area (Å²) in [5.74, 6) is 0. The van der Waals surface area contributed by atoms with Crippen LogP contribution in [0.25, 0.3) is 0 Å².